The Morgan fingerprint density at radius 1 is 1.17 bits per heavy atom. The fourth-order valence-corrected chi connectivity index (χ4v) is 3.69. The van der Waals surface area contributed by atoms with Gasteiger partial charge in [-0.15, -0.1) is 0 Å². The van der Waals surface area contributed by atoms with Gasteiger partial charge in [-0.05, 0) is 10.7 Å². The first-order valence-corrected chi connectivity index (χ1v) is 5.37. The molecule has 0 spiro atoms. The van der Waals surface area contributed by atoms with Crippen LogP contribution in [0.25, 0.3) is 0 Å². The van der Waals surface area contributed by atoms with Crippen molar-refractivity contribution in [2.45, 2.75) is 64.0 Å². The number of hydrogen-bond donors (Lipinski definition) is 0. The summed E-state index contributed by atoms with van der Waals surface area (Å²) in [5, 5.41) is 1.46. The Morgan fingerprint density at radius 2 is 1.75 bits per heavy atom. The zero-order valence-corrected chi connectivity index (χ0v) is 9.04. The van der Waals surface area contributed by atoms with Gasteiger partial charge < -0.3 is 0 Å². The largest absolute Gasteiger partial charge is 0.135 e. The van der Waals surface area contributed by atoms with Crippen molar-refractivity contribution in [1.29, 1.82) is 0 Å². The average molecular weight is 164 g/mol. The van der Waals surface area contributed by atoms with Gasteiger partial charge in [0.05, 0.1) is 0 Å². The highest BCUT2D eigenvalue weighted by molar-refractivity contribution is 6.49. The van der Waals surface area contributed by atoms with Gasteiger partial charge in [-0.2, -0.15) is 0 Å². The quantitative estimate of drug-likeness (QED) is 0.481. The zero-order chi connectivity index (χ0) is 9.04. The van der Waals surface area contributed by atoms with Crippen LogP contribution in [0.15, 0.2) is 0 Å². The molecule has 2 heterocycles. The molecular formula is C11H21B. The highest BCUT2D eigenvalue weighted by Gasteiger charge is 2.59. The first-order chi connectivity index (χ1) is 5.37. The molecular weight excluding hydrogens is 143 g/mol. The van der Waals surface area contributed by atoms with E-state index in [1.807, 2.05) is 0 Å². The summed E-state index contributed by atoms with van der Waals surface area (Å²) in [6.07, 6.45) is 5.97. The molecule has 2 saturated heterocycles. The highest BCUT2D eigenvalue weighted by Crippen LogP contribution is 2.73. The number of hydrogen-bond acceptors (Lipinski definition) is 0. The van der Waals surface area contributed by atoms with E-state index in [1.54, 1.807) is 0 Å². The van der Waals surface area contributed by atoms with Crippen LogP contribution in [0, 0.1) is 5.41 Å². The molecule has 0 N–H and O–H groups in total. The molecule has 1 saturated carbocycles. The molecule has 0 amide bonds. The Kier molecular flexibility index (Phi) is 1.52. The lowest BCUT2D eigenvalue weighted by Crippen LogP contribution is -2.53. The lowest BCUT2D eigenvalue weighted by atomic mass is 9.17. The van der Waals surface area contributed by atoms with Crippen molar-refractivity contribution in [3.8, 4) is 0 Å². The normalized spacial score (nSPS) is 46.3. The van der Waals surface area contributed by atoms with E-state index in [0.717, 1.165) is 10.6 Å². The van der Waals surface area contributed by atoms with Gasteiger partial charge in [-0.25, -0.2) is 0 Å². The minimum atomic E-state index is 0.549. The molecule has 0 aromatic rings. The van der Waals surface area contributed by atoms with Crippen molar-refractivity contribution >= 4 is 7.28 Å². The molecule has 0 aromatic carbocycles. The highest BCUT2D eigenvalue weighted by atomic mass is 14.5. The van der Waals surface area contributed by atoms with Crippen LogP contribution in [0.2, 0.25) is 10.6 Å². The molecule has 2 aliphatic heterocycles. The molecule has 3 rings (SSSR count). The van der Waals surface area contributed by atoms with E-state index < -0.39 is 0 Å². The maximum Gasteiger partial charge on any atom is 0.135 e. The van der Waals surface area contributed by atoms with Crippen molar-refractivity contribution in [3.63, 3.8) is 0 Å². The maximum absolute atomic E-state index is 2.48. The van der Waals surface area contributed by atoms with E-state index in [1.165, 1.54) is 33.0 Å². The van der Waals surface area contributed by atoms with Crippen LogP contribution in [0.1, 0.15) is 53.4 Å². The molecule has 3 fully saturated rings. The van der Waals surface area contributed by atoms with Gasteiger partial charge in [0.15, 0.2) is 0 Å². The molecule has 2 unspecified atom stereocenters. The van der Waals surface area contributed by atoms with Crippen molar-refractivity contribution in [3.05, 3.63) is 0 Å². The van der Waals surface area contributed by atoms with E-state index in [9.17, 15) is 0 Å². The SMILES string of the molecule is CC12BC(C(C)(C)C)(CCC1)C2. The Hall–Kier alpha value is 0.0649. The lowest BCUT2D eigenvalue weighted by Gasteiger charge is -2.64. The summed E-state index contributed by atoms with van der Waals surface area (Å²) in [4.78, 5) is 0. The second-order valence-corrected chi connectivity index (χ2v) is 6.55. The van der Waals surface area contributed by atoms with Crippen LogP contribution in [0.4, 0.5) is 0 Å². The smallest absolute Gasteiger partial charge is 0.0665 e. The Bertz CT molecular complexity index is 194. The summed E-state index contributed by atoms with van der Waals surface area (Å²) >= 11 is 0. The third kappa shape index (κ3) is 0.979. The molecule has 0 radical (unpaired) electrons. The lowest BCUT2D eigenvalue weighted by molar-refractivity contribution is 0.121. The number of rotatable bonds is 0. The molecule has 2 bridgehead atoms. The van der Waals surface area contributed by atoms with E-state index in [-0.39, 0.29) is 0 Å². The second kappa shape index (κ2) is 2.11. The van der Waals surface area contributed by atoms with Gasteiger partial charge in [0.1, 0.15) is 7.28 Å². The predicted molar refractivity (Wildman–Crippen MR) is 56.1 cm³/mol. The van der Waals surface area contributed by atoms with Gasteiger partial charge in [-0.3, -0.25) is 0 Å². The molecule has 1 heteroatoms. The summed E-state index contributed by atoms with van der Waals surface area (Å²) < 4.78 is 0. The fourth-order valence-electron chi connectivity index (χ4n) is 3.69. The Labute approximate surface area is 77.4 Å². The molecule has 12 heavy (non-hydrogen) atoms. The first-order valence-electron chi connectivity index (χ1n) is 5.37. The molecule has 0 nitrogen and oxygen atoms in total. The zero-order valence-electron chi connectivity index (χ0n) is 9.04. The van der Waals surface area contributed by atoms with Crippen molar-refractivity contribution < 1.29 is 0 Å². The van der Waals surface area contributed by atoms with Crippen LogP contribution < -0.4 is 0 Å². The van der Waals surface area contributed by atoms with Gasteiger partial charge in [0.25, 0.3) is 0 Å². The van der Waals surface area contributed by atoms with Gasteiger partial charge in [-0.1, -0.05) is 58.7 Å². The minimum absolute atomic E-state index is 0.549. The van der Waals surface area contributed by atoms with Crippen molar-refractivity contribution in [2.24, 2.45) is 5.41 Å². The average Bonchev–Trinajstić information content (AvgIpc) is 1.82. The Balaban J connectivity index is 2.17. The van der Waals surface area contributed by atoms with Crippen LogP contribution in [0.5, 0.6) is 0 Å². The Morgan fingerprint density at radius 3 is 2.08 bits per heavy atom. The first kappa shape index (κ1) is 8.65. The molecule has 2 atom stereocenters. The fraction of sp³-hybridized carbons (Fsp3) is 1.00. The van der Waals surface area contributed by atoms with Crippen LogP contribution in [-0.2, 0) is 0 Å². The van der Waals surface area contributed by atoms with E-state index in [2.05, 4.69) is 27.7 Å². The van der Waals surface area contributed by atoms with Crippen LogP contribution in [0.3, 0.4) is 0 Å². The summed E-state index contributed by atoms with van der Waals surface area (Å²) in [6.45, 7) is 9.77. The molecule has 0 aromatic heterocycles. The standard InChI is InChI=1S/C11H21B/c1-9(2,3)11-7-5-6-10(4,8-11)12-11/h12H,5-8H2,1-4H3. The summed E-state index contributed by atoms with van der Waals surface area (Å²) in [6, 6.07) is 0. The summed E-state index contributed by atoms with van der Waals surface area (Å²) in [5.74, 6) is 0. The van der Waals surface area contributed by atoms with E-state index in [4.69, 9.17) is 0 Å². The maximum atomic E-state index is 2.48. The topological polar surface area (TPSA) is 0 Å². The summed E-state index contributed by atoms with van der Waals surface area (Å²) in [7, 11) is 1.50. The monoisotopic (exact) mass is 164 g/mol. The van der Waals surface area contributed by atoms with Gasteiger partial charge in [0.2, 0.25) is 0 Å². The van der Waals surface area contributed by atoms with E-state index >= 15 is 0 Å². The molecule has 3 aliphatic rings. The van der Waals surface area contributed by atoms with Crippen LogP contribution in [-0.4, -0.2) is 7.28 Å². The van der Waals surface area contributed by atoms with Gasteiger partial charge in [0, 0.05) is 0 Å². The number of fused-ring (bicyclic) bond motifs is 2. The van der Waals surface area contributed by atoms with Crippen molar-refractivity contribution in [1.82, 2.24) is 0 Å². The summed E-state index contributed by atoms with van der Waals surface area (Å²) in [5.41, 5.74) is 0.549. The predicted octanol–water partition coefficient (Wildman–Crippen LogP) is 3.39. The van der Waals surface area contributed by atoms with E-state index in [0.29, 0.717) is 5.41 Å². The van der Waals surface area contributed by atoms with Crippen LogP contribution >= 0.6 is 0 Å². The second-order valence-electron chi connectivity index (χ2n) is 6.55. The molecule has 68 valence electrons. The van der Waals surface area contributed by atoms with Crippen molar-refractivity contribution in [2.75, 3.05) is 0 Å². The molecule has 1 aliphatic carbocycles. The third-order valence-corrected chi connectivity index (χ3v) is 4.56. The minimum Gasteiger partial charge on any atom is -0.0665 e. The van der Waals surface area contributed by atoms with Gasteiger partial charge >= 0.3 is 0 Å². The third-order valence-electron chi connectivity index (χ3n) is 4.56.